The number of nitrogens with zero attached hydrogens (tertiary/aromatic N) is 1. The first-order valence-corrected chi connectivity index (χ1v) is 5.99. The van der Waals surface area contributed by atoms with Gasteiger partial charge in [-0.1, -0.05) is 33.1 Å². The molecule has 15 heavy (non-hydrogen) atoms. The lowest BCUT2D eigenvalue weighted by molar-refractivity contribution is 0.0671. The molecule has 0 rings (SSSR count). The molecular weight excluding hydrogens is 190 g/mol. The summed E-state index contributed by atoms with van der Waals surface area (Å²) in [4.78, 5) is 12.8. The van der Waals surface area contributed by atoms with Crippen molar-refractivity contribution in [3.05, 3.63) is 0 Å². The highest BCUT2D eigenvalue weighted by molar-refractivity contribution is 5.66. The molecule has 0 radical (unpaired) electrons. The van der Waals surface area contributed by atoms with Crippen molar-refractivity contribution in [2.45, 2.75) is 58.5 Å². The van der Waals surface area contributed by atoms with Crippen LogP contribution in [0.15, 0.2) is 0 Å². The van der Waals surface area contributed by atoms with Gasteiger partial charge < -0.3 is 9.64 Å². The van der Waals surface area contributed by atoms with Crippen molar-refractivity contribution in [1.29, 1.82) is 0 Å². The molecule has 0 aliphatic rings. The van der Waals surface area contributed by atoms with E-state index in [4.69, 9.17) is 4.74 Å². The van der Waals surface area contributed by atoms with Gasteiger partial charge in [0.05, 0.1) is 0 Å². The minimum absolute atomic E-state index is 0.0942. The molecule has 90 valence electrons. The van der Waals surface area contributed by atoms with E-state index in [9.17, 15) is 4.79 Å². The lowest BCUT2D eigenvalue weighted by Gasteiger charge is -2.19. The zero-order chi connectivity index (χ0) is 11.7. The largest absolute Gasteiger partial charge is 0.446 e. The van der Waals surface area contributed by atoms with Crippen molar-refractivity contribution in [2.75, 3.05) is 14.1 Å². The maximum Gasteiger partial charge on any atom is 0.409 e. The van der Waals surface area contributed by atoms with E-state index in [1.54, 1.807) is 14.1 Å². The maximum absolute atomic E-state index is 11.3. The number of carbonyl (C=O) groups excluding carboxylic acids is 1. The summed E-state index contributed by atoms with van der Waals surface area (Å²) in [5, 5.41) is 0. The Morgan fingerprint density at radius 2 is 1.87 bits per heavy atom. The van der Waals surface area contributed by atoms with Crippen LogP contribution in [-0.4, -0.2) is 31.2 Å². The average Bonchev–Trinajstić information content (AvgIpc) is 2.22. The Kier molecular flexibility index (Phi) is 8.15. The van der Waals surface area contributed by atoms with Gasteiger partial charge in [-0.3, -0.25) is 0 Å². The summed E-state index contributed by atoms with van der Waals surface area (Å²) in [7, 11) is 3.43. The first-order valence-electron chi connectivity index (χ1n) is 5.99. The first-order chi connectivity index (χ1) is 7.11. The van der Waals surface area contributed by atoms with Crippen molar-refractivity contribution >= 4 is 6.09 Å². The molecule has 0 N–H and O–H groups in total. The molecule has 1 atom stereocenters. The van der Waals surface area contributed by atoms with E-state index in [1.807, 2.05) is 0 Å². The lowest BCUT2D eigenvalue weighted by atomic mass is 10.1. The van der Waals surface area contributed by atoms with Crippen LogP contribution in [0.25, 0.3) is 0 Å². The Balaban J connectivity index is 3.68. The van der Waals surface area contributed by atoms with Crippen molar-refractivity contribution in [3.8, 4) is 0 Å². The third-order valence-electron chi connectivity index (χ3n) is 2.47. The minimum atomic E-state index is -0.225. The lowest BCUT2D eigenvalue weighted by Crippen LogP contribution is -2.27. The standard InChI is InChI=1S/C12H25NO2/c1-5-7-8-9-10-11(6-2)15-12(14)13(3)4/h11H,5-10H2,1-4H3. The second-order valence-electron chi connectivity index (χ2n) is 4.16. The number of ether oxygens (including phenoxy) is 1. The summed E-state index contributed by atoms with van der Waals surface area (Å²) < 4.78 is 5.33. The van der Waals surface area contributed by atoms with Crippen LogP contribution in [0.2, 0.25) is 0 Å². The molecule has 0 aliphatic carbocycles. The van der Waals surface area contributed by atoms with E-state index in [-0.39, 0.29) is 12.2 Å². The van der Waals surface area contributed by atoms with Crippen LogP contribution in [0.3, 0.4) is 0 Å². The van der Waals surface area contributed by atoms with Gasteiger partial charge in [0, 0.05) is 14.1 Å². The summed E-state index contributed by atoms with van der Waals surface area (Å²) in [5.74, 6) is 0. The smallest absolute Gasteiger partial charge is 0.409 e. The van der Waals surface area contributed by atoms with E-state index in [2.05, 4.69) is 13.8 Å². The van der Waals surface area contributed by atoms with Gasteiger partial charge in [0.25, 0.3) is 0 Å². The second-order valence-corrected chi connectivity index (χ2v) is 4.16. The molecule has 1 unspecified atom stereocenters. The molecular formula is C12H25NO2. The number of amides is 1. The van der Waals surface area contributed by atoms with Crippen LogP contribution in [0.4, 0.5) is 4.79 Å². The van der Waals surface area contributed by atoms with Crippen molar-refractivity contribution in [1.82, 2.24) is 4.90 Å². The SMILES string of the molecule is CCCCCCC(CC)OC(=O)N(C)C. The third-order valence-corrected chi connectivity index (χ3v) is 2.47. The molecule has 3 heteroatoms. The van der Waals surface area contributed by atoms with Gasteiger partial charge in [-0.05, 0) is 19.3 Å². The molecule has 0 heterocycles. The van der Waals surface area contributed by atoms with E-state index < -0.39 is 0 Å². The van der Waals surface area contributed by atoms with E-state index >= 15 is 0 Å². The Morgan fingerprint density at radius 3 is 2.33 bits per heavy atom. The fourth-order valence-corrected chi connectivity index (χ4v) is 1.39. The summed E-state index contributed by atoms with van der Waals surface area (Å²) in [6.07, 6.45) is 6.70. The highest BCUT2D eigenvalue weighted by atomic mass is 16.6. The molecule has 0 spiro atoms. The number of hydrogen-bond acceptors (Lipinski definition) is 2. The molecule has 0 aliphatic heterocycles. The van der Waals surface area contributed by atoms with Gasteiger partial charge in [0.2, 0.25) is 0 Å². The predicted octanol–water partition coefficient (Wildman–Crippen LogP) is 3.43. The van der Waals surface area contributed by atoms with Gasteiger partial charge in [0.1, 0.15) is 6.10 Å². The molecule has 0 aromatic rings. The zero-order valence-electron chi connectivity index (χ0n) is 10.6. The monoisotopic (exact) mass is 215 g/mol. The topological polar surface area (TPSA) is 29.5 Å². The number of carbonyl (C=O) groups is 1. The van der Waals surface area contributed by atoms with Crippen molar-refractivity contribution in [3.63, 3.8) is 0 Å². The average molecular weight is 215 g/mol. The zero-order valence-corrected chi connectivity index (χ0v) is 10.6. The molecule has 1 amide bonds. The van der Waals surface area contributed by atoms with Gasteiger partial charge in [-0.15, -0.1) is 0 Å². The van der Waals surface area contributed by atoms with Gasteiger partial charge in [-0.2, -0.15) is 0 Å². The van der Waals surface area contributed by atoms with Crippen LogP contribution in [-0.2, 0) is 4.74 Å². The van der Waals surface area contributed by atoms with Gasteiger partial charge in [0.15, 0.2) is 0 Å². The summed E-state index contributed by atoms with van der Waals surface area (Å²) in [6.45, 7) is 4.26. The summed E-state index contributed by atoms with van der Waals surface area (Å²) >= 11 is 0. The molecule has 0 bridgehead atoms. The Morgan fingerprint density at radius 1 is 1.20 bits per heavy atom. The minimum Gasteiger partial charge on any atom is -0.446 e. The summed E-state index contributed by atoms with van der Waals surface area (Å²) in [5.41, 5.74) is 0. The highest BCUT2D eigenvalue weighted by Gasteiger charge is 2.13. The normalized spacial score (nSPS) is 12.3. The second kappa shape index (κ2) is 8.57. The molecule has 0 aromatic carbocycles. The van der Waals surface area contributed by atoms with E-state index in [1.165, 1.54) is 24.2 Å². The van der Waals surface area contributed by atoms with Crippen LogP contribution in [0, 0.1) is 0 Å². The number of rotatable bonds is 7. The molecule has 0 saturated carbocycles. The third kappa shape index (κ3) is 7.23. The van der Waals surface area contributed by atoms with Crippen LogP contribution >= 0.6 is 0 Å². The highest BCUT2D eigenvalue weighted by Crippen LogP contribution is 2.11. The molecule has 0 saturated heterocycles. The number of unbranched alkanes of at least 4 members (excludes halogenated alkanes) is 3. The van der Waals surface area contributed by atoms with Crippen molar-refractivity contribution in [2.24, 2.45) is 0 Å². The van der Waals surface area contributed by atoms with Crippen LogP contribution in [0.5, 0.6) is 0 Å². The number of hydrogen-bond donors (Lipinski definition) is 0. The Bertz CT molecular complexity index is 169. The molecule has 0 fully saturated rings. The first kappa shape index (κ1) is 14.3. The maximum atomic E-state index is 11.3. The van der Waals surface area contributed by atoms with E-state index in [0.717, 1.165) is 19.3 Å². The molecule has 0 aromatic heterocycles. The predicted molar refractivity (Wildman–Crippen MR) is 63.0 cm³/mol. The van der Waals surface area contributed by atoms with Crippen LogP contribution < -0.4 is 0 Å². The van der Waals surface area contributed by atoms with E-state index in [0.29, 0.717) is 0 Å². The quantitative estimate of drug-likeness (QED) is 0.609. The summed E-state index contributed by atoms with van der Waals surface area (Å²) in [6, 6.07) is 0. The fourth-order valence-electron chi connectivity index (χ4n) is 1.39. The van der Waals surface area contributed by atoms with Gasteiger partial charge >= 0.3 is 6.09 Å². The Labute approximate surface area is 93.8 Å². The van der Waals surface area contributed by atoms with Crippen LogP contribution in [0.1, 0.15) is 52.4 Å². The molecule has 3 nitrogen and oxygen atoms in total. The fraction of sp³-hybridized carbons (Fsp3) is 0.917. The Hall–Kier alpha value is -0.730. The van der Waals surface area contributed by atoms with Crippen molar-refractivity contribution < 1.29 is 9.53 Å². The van der Waals surface area contributed by atoms with Gasteiger partial charge in [-0.25, -0.2) is 4.79 Å².